The van der Waals surface area contributed by atoms with E-state index in [9.17, 15) is 0 Å². The third kappa shape index (κ3) is 3.37. The van der Waals surface area contributed by atoms with Gasteiger partial charge in [0, 0.05) is 6.04 Å². The van der Waals surface area contributed by atoms with E-state index in [2.05, 4.69) is 0 Å². The van der Waals surface area contributed by atoms with Gasteiger partial charge in [-0.05, 0) is 24.1 Å². The summed E-state index contributed by atoms with van der Waals surface area (Å²) in [5.41, 5.74) is 6.60. The van der Waals surface area contributed by atoms with Gasteiger partial charge in [0.15, 0.2) is 0 Å². The SMILES string of the molecule is NC(CO)Cc1ccc(O[B]O)cc1. The van der Waals surface area contributed by atoms with Gasteiger partial charge in [0.05, 0.1) is 12.4 Å². The van der Waals surface area contributed by atoms with Crippen molar-refractivity contribution in [2.24, 2.45) is 5.73 Å². The highest BCUT2D eigenvalue weighted by Gasteiger charge is 2.02. The van der Waals surface area contributed by atoms with Gasteiger partial charge in [0.2, 0.25) is 0 Å². The molecule has 14 heavy (non-hydrogen) atoms. The Labute approximate surface area is 83.6 Å². The summed E-state index contributed by atoms with van der Waals surface area (Å²) < 4.78 is 4.74. The van der Waals surface area contributed by atoms with Crippen LogP contribution in [0.5, 0.6) is 5.75 Å². The molecular weight excluding hydrogens is 181 g/mol. The zero-order valence-electron chi connectivity index (χ0n) is 7.76. The second-order valence-electron chi connectivity index (χ2n) is 3.01. The number of rotatable bonds is 5. The van der Waals surface area contributed by atoms with Gasteiger partial charge >= 0.3 is 7.69 Å². The first-order valence-electron chi connectivity index (χ1n) is 4.34. The fraction of sp³-hybridized carbons (Fsp3) is 0.333. The summed E-state index contributed by atoms with van der Waals surface area (Å²) in [4.78, 5) is 0. The highest BCUT2D eigenvalue weighted by atomic mass is 16.5. The predicted octanol–water partition coefficient (Wildman–Crippen LogP) is -0.546. The first-order chi connectivity index (χ1) is 6.76. The van der Waals surface area contributed by atoms with E-state index < -0.39 is 0 Å². The molecule has 75 valence electrons. The van der Waals surface area contributed by atoms with Gasteiger partial charge in [0.25, 0.3) is 0 Å². The largest absolute Gasteiger partial charge is 0.569 e. The molecule has 0 aliphatic rings. The van der Waals surface area contributed by atoms with E-state index in [0.29, 0.717) is 19.9 Å². The van der Waals surface area contributed by atoms with Gasteiger partial charge in [0.1, 0.15) is 0 Å². The summed E-state index contributed by atoms with van der Waals surface area (Å²) in [5.74, 6) is 0.564. The van der Waals surface area contributed by atoms with E-state index >= 15 is 0 Å². The zero-order valence-corrected chi connectivity index (χ0v) is 7.76. The van der Waals surface area contributed by atoms with Crippen LogP contribution >= 0.6 is 0 Å². The molecule has 4 N–H and O–H groups in total. The van der Waals surface area contributed by atoms with E-state index in [0.717, 1.165) is 5.56 Å². The van der Waals surface area contributed by atoms with Crippen LogP contribution in [0, 0.1) is 0 Å². The molecule has 1 rings (SSSR count). The molecule has 1 unspecified atom stereocenters. The molecule has 0 saturated carbocycles. The monoisotopic (exact) mass is 194 g/mol. The molecule has 0 aromatic heterocycles. The van der Waals surface area contributed by atoms with Crippen molar-refractivity contribution in [3.8, 4) is 5.75 Å². The maximum Gasteiger partial charge on any atom is 0.569 e. The molecule has 0 fully saturated rings. The molecule has 4 nitrogen and oxygen atoms in total. The van der Waals surface area contributed by atoms with Crippen LogP contribution < -0.4 is 10.4 Å². The molecule has 1 radical (unpaired) electrons. The van der Waals surface area contributed by atoms with E-state index in [-0.39, 0.29) is 12.6 Å². The summed E-state index contributed by atoms with van der Waals surface area (Å²) in [6, 6.07) is 6.91. The van der Waals surface area contributed by atoms with E-state index in [1.165, 1.54) is 0 Å². The van der Waals surface area contributed by atoms with Gasteiger partial charge in [-0.15, -0.1) is 0 Å². The molecule has 5 heteroatoms. The van der Waals surface area contributed by atoms with Crippen molar-refractivity contribution in [1.29, 1.82) is 0 Å². The van der Waals surface area contributed by atoms with Crippen LogP contribution in [0.4, 0.5) is 0 Å². The number of hydrogen-bond donors (Lipinski definition) is 3. The normalized spacial score (nSPS) is 12.2. The Morgan fingerprint density at radius 1 is 1.36 bits per heavy atom. The highest BCUT2D eigenvalue weighted by molar-refractivity contribution is 6.17. The summed E-state index contributed by atoms with van der Waals surface area (Å²) in [6.07, 6.45) is 0.625. The van der Waals surface area contributed by atoms with Gasteiger partial charge in [-0.3, -0.25) is 0 Å². The summed E-state index contributed by atoms with van der Waals surface area (Å²) in [7, 11) is 0.633. The van der Waals surface area contributed by atoms with Gasteiger partial charge in [-0.1, -0.05) is 12.1 Å². The number of nitrogens with two attached hydrogens (primary N) is 1. The van der Waals surface area contributed by atoms with Crippen LogP contribution in [-0.2, 0) is 6.42 Å². The zero-order chi connectivity index (χ0) is 10.4. The molecule has 0 aliphatic heterocycles. The van der Waals surface area contributed by atoms with Crippen molar-refractivity contribution >= 4 is 7.69 Å². The Balaban J connectivity index is 2.54. The first-order valence-corrected chi connectivity index (χ1v) is 4.34. The van der Waals surface area contributed by atoms with Gasteiger partial charge < -0.3 is 20.5 Å². The van der Waals surface area contributed by atoms with Crippen LogP contribution in [0.3, 0.4) is 0 Å². The van der Waals surface area contributed by atoms with Crippen molar-refractivity contribution in [2.45, 2.75) is 12.5 Å². The number of aliphatic hydroxyl groups is 1. The van der Waals surface area contributed by atoms with Gasteiger partial charge in [-0.25, -0.2) is 0 Å². The minimum Gasteiger partial charge on any atom is -0.537 e. The molecule has 0 aliphatic carbocycles. The number of benzene rings is 1. The predicted molar refractivity (Wildman–Crippen MR) is 53.8 cm³/mol. The molecule has 0 heterocycles. The molecular formula is C9H13BNO3. The third-order valence-electron chi connectivity index (χ3n) is 1.84. The van der Waals surface area contributed by atoms with E-state index in [1.807, 2.05) is 12.1 Å². The number of hydrogen-bond acceptors (Lipinski definition) is 4. The average Bonchev–Trinajstić information content (AvgIpc) is 2.21. The maximum absolute atomic E-state index is 8.75. The Hall–Kier alpha value is -1.04. The minimum absolute atomic E-state index is 0.0251. The molecule has 0 spiro atoms. The topological polar surface area (TPSA) is 75.7 Å². The smallest absolute Gasteiger partial charge is 0.537 e. The number of aliphatic hydroxyl groups excluding tert-OH is 1. The Morgan fingerprint density at radius 2 is 2.00 bits per heavy atom. The Kier molecular flexibility index (Phi) is 4.45. The van der Waals surface area contributed by atoms with Crippen molar-refractivity contribution in [3.05, 3.63) is 29.8 Å². The molecule has 0 saturated heterocycles. The third-order valence-corrected chi connectivity index (χ3v) is 1.84. The molecule has 1 atom stereocenters. The lowest BCUT2D eigenvalue weighted by atomic mass is 10.1. The van der Waals surface area contributed by atoms with Crippen LogP contribution in [0.1, 0.15) is 5.56 Å². The quantitative estimate of drug-likeness (QED) is 0.550. The fourth-order valence-electron chi connectivity index (χ4n) is 1.13. The molecule has 0 bridgehead atoms. The first kappa shape index (κ1) is 11.0. The van der Waals surface area contributed by atoms with Crippen LogP contribution in [0.15, 0.2) is 24.3 Å². The maximum atomic E-state index is 8.75. The second kappa shape index (κ2) is 5.64. The molecule has 0 amide bonds. The van der Waals surface area contributed by atoms with Crippen molar-refractivity contribution in [3.63, 3.8) is 0 Å². The lowest BCUT2D eigenvalue weighted by molar-refractivity contribution is 0.265. The average molecular weight is 194 g/mol. The van der Waals surface area contributed by atoms with Crippen LogP contribution in [-0.4, -0.2) is 30.5 Å². The standard InChI is InChI=1S/C9H13BNO3/c11-8(6-12)5-7-1-3-9(4-2-7)14-10-13/h1-4,8,12-13H,5-6,11H2. The molecule has 1 aromatic rings. The fourth-order valence-corrected chi connectivity index (χ4v) is 1.13. The second-order valence-corrected chi connectivity index (χ2v) is 3.01. The minimum atomic E-state index is -0.230. The highest BCUT2D eigenvalue weighted by Crippen LogP contribution is 2.12. The van der Waals surface area contributed by atoms with Crippen molar-refractivity contribution in [1.82, 2.24) is 0 Å². The summed E-state index contributed by atoms with van der Waals surface area (Å²) >= 11 is 0. The van der Waals surface area contributed by atoms with E-state index in [1.54, 1.807) is 12.1 Å². The van der Waals surface area contributed by atoms with E-state index in [4.69, 9.17) is 20.5 Å². The summed E-state index contributed by atoms with van der Waals surface area (Å²) in [5, 5.41) is 17.1. The lowest BCUT2D eigenvalue weighted by Crippen LogP contribution is -2.26. The van der Waals surface area contributed by atoms with Crippen molar-refractivity contribution in [2.75, 3.05) is 6.61 Å². The van der Waals surface area contributed by atoms with Crippen molar-refractivity contribution < 1.29 is 14.8 Å². The van der Waals surface area contributed by atoms with Crippen LogP contribution in [0.25, 0.3) is 0 Å². The van der Waals surface area contributed by atoms with Gasteiger partial charge in [-0.2, -0.15) is 0 Å². The molecule has 1 aromatic carbocycles. The Bertz CT molecular complexity index is 265. The summed E-state index contributed by atoms with van der Waals surface area (Å²) in [6.45, 7) is -0.0251. The van der Waals surface area contributed by atoms with Crippen LogP contribution in [0.2, 0.25) is 0 Å². The Morgan fingerprint density at radius 3 is 2.50 bits per heavy atom. The lowest BCUT2D eigenvalue weighted by Gasteiger charge is -2.08.